The number of hydrogen-bond donors (Lipinski definition) is 0. The predicted octanol–water partition coefficient (Wildman–Crippen LogP) is 2.96. The fourth-order valence-corrected chi connectivity index (χ4v) is 3.12. The molecule has 0 spiro atoms. The van der Waals surface area contributed by atoms with Crippen LogP contribution in [-0.2, 0) is 9.53 Å². The van der Waals surface area contributed by atoms with Crippen LogP contribution < -0.4 is 0 Å². The first-order chi connectivity index (χ1) is 8.31. The van der Waals surface area contributed by atoms with Gasteiger partial charge in [0.25, 0.3) is 0 Å². The van der Waals surface area contributed by atoms with Gasteiger partial charge in [0.2, 0.25) is 0 Å². The second-order valence-electron chi connectivity index (χ2n) is 4.25. The van der Waals surface area contributed by atoms with E-state index in [-0.39, 0.29) is 11.9 Å². The third kappa shape index (κ3) is 1.82. The van der Waals surface area contributed by atoms with Crippen molar-refractivity contribution in [3.8, 4) is 0 Å². The molecule has 1 aliphatic carbocycles. The van der Waals surface area contributed by atoms with E-state index in [0.29, 0.717) is 12.5 Å². The van der Waals surface area contributed by atoms with Gasteiger partial charge >= 0.3 is 5.97 Å². The lowest BCUT2D eigenvalue weighted by Gasteiger charge is -2.02. The van der Waals surface area contributed by atoms with Crippen LogP contribution >= 0.6 is 11.3 Å². The Morgan fingerprint density at radius 1 is 1.59 bits per heavy atom. The van der Waals surface area contributed by atoms with Crippen LogP contribution in [-0.4, -0.2) is 17.6 Å². The molecule has 3 rings (SSSR count). The minimum Gasteiger partial charge on any atom is -0.466 e. The lowest BCUT2D eigenvalue weighted by molar-refractivity contribution is -0.144. The highest BCUT2D eigenvalue weighted by atomic mass is 32.1. The standard InChI is InChI=1S/C13H13NO2S/c1-2-16-13(15)10-6-9(10)8-4-3-5-11-12(8)17-7-14-11/h3-5,7,9-10H,2,6H2,1H3/t9-,10+/m0/s1. The maximum Gasteiger partial charge on any atom is 0.309 e. The third-order valence-electron chi connectivity index (χ3n) is 3.17. The van der Waals surface area contributed by atoms with Crippen molar-refractivity contribution in [2.75, 3.05) is 6.61 Å². The summed E-state index contributed by atoms with van der Waals surface area (Å²) in [7, 11) is 0. The number of rotatable bonds is 3. The lowest BCUT2D eigenvalue weighted by atomic mass is 10.1. The first-order valence-corrected chi connectivity index (χ1v) is 6.68. The van der Waals surface area contributed by atoms with Crippen LogP contribution in [0.2, 0.25) is 0 Å². The van der Waals surface area contributed by atoms with Crippen molar-refractivity contribution in [1.82, 2.24) is 4.98 Å². The Kier molecular flexibility index (Phi) is 2.59. The van der Waals surface area contributed by atoms with Gasteiger partial charge < -0.3 is 4.74 Å². The van der Waals surface area contributed by atoms with Gasteiger partial charge in [0.1, 0.15) is 0 Å². The van der Waals surface area contributed by atoms with Crippen LogP contribution in [0.1, 0.15) is 24.8 Å². The number of carbonyl (C=O) groups is 1. The average Bonchev–Trinajstić information content (AvgIpc) is 2.98. The molecule has 17 heavy (non-hydrogen) atoms. The number of nitrogens with zero attached hydrogens (tertiary/aromatic N) is 1. The summed E-state index contributed by atoms with van der Waals surface area (Å²) in [5.41, 5.74) is 4.14. The maximum absolute atomic E-state index is 11.6. The molecule has 1 fully saturated rings. The lowest BCUT2D eigenvalue weighted by Crippen LogP contribution is -2.07. The first kappa shape index (κ1) is 10.7. The van der Waals surface area contributed by atoms with Crippen molar-refractivity contribution in [3.05, 3.63) is 29.3 Å². The van der Waals surface area contributed by atoms with Gasteiger partial charge in [-0.1, -0.05) is 12.1 Å². The molecule has 0 bridgehead atoms. The highest BCUT2D eigenvalue weighted by molar-refractivity contribution is 7.17. The highest BCUT2D eigenvalue weighted by Gasteiger charge is 2.45. The summed E-state index contributed by atoms with van der Waals surface area (Å²) < 4.78 is 6.27. The van der Waals surface area contributed by atoms with E-state index in [2.05, 4.69) is 11.1 Å². The largest absolute Gasteiger partial charge is 0.466 e. The number of esters is 1. The maximum atomic E-state index is 11.6. The van der Waals surface area contributed by atoms with Crippen LogP contribution in [0.5, 0.6) is 0 Å². The number of benzene rings is 1. The zero-order chi connectivity index (χ0) is 11.8. The van der Waals surface area contributed by atoms with E-state index in [4.69, 9.17) is 4.74 Å². The minimum absolute atomic E-state index is 0.0565. The zero-order valence-electron chi connectivity index (χ0n) is 9.55. The first-order valence-electron chi connectivity index (χ1n) is 5.80. The van der Waals surface area contributed by atoms with Crippen molar-refractivity contribution in [1.29, 1.82) is 0 Å². The Bertz CT molecular complexity index is 563. The average molecular weight is 247 g/mol. The summed E-state index contributed by atoms with van der Waals surface area (Å²) >= 11 is 1.65. The zero-order valence-corrected chi connectivity index (χ0v) is 10.4. The summed E-state index contributed by atoms with van der Waals surface area (Å²) in [6.07, 6.45) is 0.913. The number of thiazole rings is 1. The van der Waals surface area contributed by atoms with Gasteiger partial charge in [-0.3, -0.25) is 4.79 Å². The molecule has 0 aliphatic heterocycles. The van der Waals surface area contributed by atoms with Crippen LogP contribution in [0.25, 0.3) is 10.2 Å². The van der Waals surface area contributed by atoms with Crippen molar-refractivity contribution >= 4 is 27.5 Å². The fourth-order valence-electron chi connectivity index (χ4n) is 2.25. The Morgan fingerprint density at radius 2 is 2.47 bits per heavy atom. The van der Waals surface area contributed by atoms with Gasteiger partial charge in [-0.2, -0.15) is 0 Å². The van der Waals surface area contributed by atoms with E-state index >= 15 is 0 Å². The summed E-state index contributed by atoms with van der Waals surface area (Å²) in [4.78, 5) is 15.9. The summed E-state index contributed by atoms with van der Waals surface area (Å²) in [6, 6.07) is 6.12. The molecule has 1 saturated carbocycles. The minimum atomic E-state index is -0.0565. The molecule has 3 nitrogen and oxygen atoms in total. The summed E-state index contributed by atoms with van der Waals surface area (Å²) in [6.45, 7) is 2.31. The Labute approximate surface area is 103 Å². The number of aromatic nitrogens is 1. The highest BCUT2D eigenvalue weighted by Crippen LogP contribution is 2.50. The van der Waals surface area contributed by atoms with E-state index in [1.807, 2.05) is 24.6 Å². The number of carbonyl (C=O) groups excluding carboxylic acids is 1. The quantitative estimate of drug-likeness (QED) is 0.783. The smallest absolute Gasteiger partial charge is 0.309 e. The molecule has 0 radical (unpaired) electrons. The van der Waals surface area contributed by atoms with E-state index in [1.54, 1.807) is 11.3 Å². The van der Waals surface area contributed by atoms with Crippen LogP contribution in [0, 0.1) is 5.92 Å². The van der Waals surface area contributed by atoms with Gasteiger partial charge in [-0.05, 0) is 30.9 Å². The van der Waals surface area contributed by atoms with E-state index in [1.165, 1.54) is 10.3 Å². The molecular formula is C13H13NO2S. The van der Waals surface area contributed by atoms with Crippen molar-refractivity contribution < 1.29 is 9.53 Å². The van der Waals surface area contributed by atoms with Crippen molar-refractivity contribution in [2.45, 2.75) is 19.3 Å². The third-order valence-corrected chi connectivity index (χ3v) is 4.06. The SMILES string of the molecule is CCOC(=O)[C@@H]1C[C@H]1c1cccc2ncsc12. The van der Waals surface area contributed by atoms with Gasteiger partial charge in [-0.25, -0.2) is 4.98 Å². The molecule has 2 atom stereocenters. The fraction of sp³-hybridized carbons (Fsp3) is 0.385. The molecule has 0 N–H and O–H groups in total. The summed E-state index contributed by atoms with van der Waals surface area (Å²) in [5.74, 6) is 0.333. The predicted molar refractivity (Wildman–Crippen MR) is 67.1 cm³/mol. The van der Waals surface area contributed by atoms with E-state index in [0.717, 1.165) is 11.9 Å². The van der Waals surface area contributed by atoms with Crippen molar-refractivity contribution in [2.24, 2.45) is 5.92 Å². The number of fused-ring (bicyclic) bond motifs is 1. The molecule has 1 aromatic carbocycles. The van der Waals surface area contributed by atoms with Crippen LogP contribution in [0.15, 0.2) is 23.7 Å². The van der Waals surface area contributed by atoms with Crippen LogP contribution in [0.4, 0.5) is 0 Å². The van der Waals surface area contributed by atoms with E-state index in [9.17, 15) is 4.79 Å². The number of hydrogen-bond acceptors (Lipinski definition) is 4. The Balaban J connectivity index is 1.87. The van der Waals surface area contributed by atoms with E-state index < -0.39 is 0 Å². The molecule has 2 aromatic rings. The molecule has 1 aliphatic rings. The molecular weight excluding hydrogens is 234 g/mol. The normalized spacial score (nSPS) is 22.6. The second-order valence-corrected chi connectivity index (χ2v) is 5.10. The molecule has 1 heterocycles. The monoisotopic (exact) mass is 247 g/mol. The topological polar surface area (TPSA) is 39.2 Å². The molecule has 4 heteroatoms. The Morgan fingerprint density at radius 3 is 3.29 bits per heavy atom. The van der Waals surface area contributed by atoms with Gasteiger partial charge in [-0.15, -0.1) is 11.3 Å². The number of ether oxygens (including phenoxy) is 1. The molecule has 0 amide bonds. The van der Waals surface area contributed by atoms with Gasteiger partial charge in [0.05, 0.1) is 28.3 Å². The summed E-state index contributed by atoms with van der Waals surface area (Å²) in [5, 5.41) is 0. The molecule has 0 unspecified atom stereocenters. The molecule has 0 saturated heterocycles. The molecule has 88 valence electrons. The molecule has 1 aromatic heterocycles. The van der Waals surface area contributed by atoms with Crippen molar-refractivity contribution in [3.63, 3.8) is 0 Å². The van der Waals surface area contributed by atoms with Gasteiger partial charge in [0.15, 0.2) is 0 Å². The van der Waals surface area contributed by atoms with Gasteiger partial charge in [0, 0.05) is 0 Å². The Hall–Kier alpha value is -1.42. The second kappa shape index (κ2) is 4.11. The van der Waals surface area contributed by atoms with Crippen LogP contribution in [0.3, 0.4) is 0 Å².